The first kappa shape index (κ1) is 31.1. The molecule has 0 saturated carbocycles. The van der Waals surface area contributed by atoms with Gasteiger partial charge in [0.1, 0.15) is 29.8 Å². The number of amides is 1. The second kappa shape index (κ2) is 13.2. The summed E-state index contributed by atoms with van der Waals surface area (Å²) in [6.45, 7) is 9.18. The van der Waals surface area contributed by atoms with Crippen molar-refractivity contribution >= 4 is 29.4 Å². The molecule has 1 N–H and O–H groups in total. The summed E-state index contributed by atoms with van der Waals surface area (Å²) in [5.74, 6) is -0.0592. The van der Waals surface area contributed by atoms with Crippen LogP contribution in [0.5, 0.6) is 0 Å². The van der Waals surface area contributed by atoms with E-state index in [0.717, 1.165) is 50.5 Å². The van der Waals surface area contributed by atoms with Gasteiger partial charge >= 0.3 is 0 Å². The molecule has 1 atom stereocenters. The fourth-order valence-corrected chi connectivity index (χ4v) is 6.78. The van der Waals surface area contributed by atoms with Crippen molar-refractivity contribution in [3.63, 3.8) is 0 Å². The molecule has 238 valence electrons. The van der Waals surface area contributed by atoms with Crippen molar-refractivity contribution in [2.45, 2.75) is 58.5 Å². The molecule has 1 aromatic heterocycles. The molecule has 3 aromatic rings. The summed E-state index contributed by atoms with van der Waals surface area (Å²) in [5.41, 5.74) is 2.97. The molecule has 0 spiro atoms. The summed E-state index contributed by atoms with van der Waals surface area (Å²) in [6.07, 6.45) is 8.20. The number of nitrogens with zero attached hydrogens (tertiary/aromatic N) is 5. The van der Waals surface area contributed by atoms with Crippen LogP contribution in [0.4, 0.5) is 30.6 Å². The molecule has 2 aromatic carbocycles. The quantitative estimate of drug-likeness (QED) is 0.319. The van der Waals surface area contributed by atoms with Crippen LogP contribution in [0.3, 0.4) is 0 Å². The number of fused-ring (bicyclic) bond motifs is 1. The van der Waals surface area contributed by atoms with Gasteiger partial charge in [0, 0.05) is 42.4 Å². The zero-order chi connectivity index (χ0) is 31.7. The zero-order valence-corrected chi connectivity index (χ0v) is 26.2. The molecule has 2 saturated heterocycles. The van der Waals surface area contributed by atoms with Crippen LogP contribution in [0.15, 0.2) is 42.5 Å². The van der Waals surface area contributed by atoms with Crippen LogP contribution < -0.4 is 15.1 Å². The van der Waals surface area contributed by atoms with Crippen molar-refractivity contribution < 1.29 is 18.0 Å². The number of para-hydroxylation sites is 1. The molecule has 6 rings (SSSR count). The number of benzene rings is 2. The van der Waals surface area contributed by atoms with E-state index >= 15 is 8.78 Å². The van der Waals surface area contributed by atoms with E-state index in [9.17, 15) is 9.18 Å². The van der Waals surface area contributed by atoms with E-state index in [1.165, 1.54) is 31.0 Å². The minimum absolute atomic E-state index is 0.0781. The van der Waals surface area contributed by atoms with E-state index in [0.29, 0.717) is 40.2 Å². The number of hydrogen-bond donors (Lipinski definition) is 1. The molecule has 1 amide bonds. The number of alkyl halides is 1. The molecule has 3 aliphatic rings. The summed E-state index contributed by atoms with van der Waals surface area (Å²) in [5, 5.41) is 2.59. The van der Waals surface area contributed by atoms with Crippen LogP contribution in [-0.2, 0) is 0 Å². The number of rotatable bonds is 7. The molecule has 0 bridgehead atoms. The van der Waals surface area contributed by atoms with Gasteiger partial charge in [-0.15, -0.1) is 0 Å². The number of aryl methyl sites for hydroxylation is 1. The minimum atomic E-state index is -0.677. The Balaban J connectivity index is 1.43. The van der Waals surface area contributed by atoms with Crippen LogP contribution in [0.2, 0.25) is 0 Å². The smallest absolute Gasteiger partial charge is 0.251 e. The molecule has 10 heteroatoms. The molecular formula is C35H41F3N6O. The van der Waals surface area contributed by atoms with Crippen LogP contribution in [0.1, 0.15) is 61.0 Å². The highest BCUT2D eigenvalue weighted by Gasteiger charge is 2.33. The molecule has 3 aliphatic heterocycles. The van der Waals surface area contributed by atoms with E-state index in [-0.39, 0.29) is 24.2 Å². The van der Waals surface area contributed by atoms with Gasteiger partial charge in [-0.2, -0.15) is 4.98 Å². The van der Waals surface area contributed by atoms with Crippen molar-refractivity contribution in [1.82, 2.24) is 20.2 Å². The number of likely N-dealkylation sites (tertiary alicyclic amines) is 1. The molecule has 1 unspecified atom stereocenters. The van der Waals surface area contributed by atoms with Gasteiger partial charge in [0.15, 0.2) is 0 Å². The summed E-state index contributed by atoms with van der Waals surface area (Å²) in [4.78, 5) is 29.3. The Labute approximate surface area is 263 Å². The average molecular weight is 619 g/mol. The Kier molecular flexibility index (Phi) is 9.12. The lowest BCUT2D eigenvalue weighted by atomic mass is 9.95. The summed E-state index contributed by atoms with van der Waals surface area (Å²) < 4.78 is 43.4. The van der Waals surface area contributed by atoms with Crippen molar-refractivity contribution in [2.75, 3.05) is 49.2 Å². The molecule has 4 heterocycles. The van der Waals surface area contributed by atoms with Crippen molar-refractivity contribution in [3.8, 4) is 11.3 Å². The summed E-state index contributed by atoms with van der Waals surface area (Å²) in [6, 6.07) is 9.27. The third kappa shape index (κ3) is 6.30. The molecule has 0 aliphatic carbocycles. The standard InChI is InChI=1S/C35H41F3N6O/c1-22-11-17-42(18-12-22)26-13-19-43(20-14-26)35-40-31(28-21-25(9-7-23(28)2)34(45)39-16-15-36)27-10-8-24(3)44(33(27)41-35)32-29(37)5-4-6-30(32)38/h4-10,21-22,24,26H,11-20H2,1-3H3,(H,39,45). The molecular weight excluding hydrogens is 577 g/mol. The van der Waals surface area contributed by atoms with Gasteiger partial charge in [-0.05, 0) is 88.4 Å². The lowest BCUT2D eigenvalue weighted by Gasteiger charge is -2.41. The normalized spacial score (nSPS) is 19.6. The van der Waals surface area contributed by atoms with Gasteiger partial charge in [0.2, 0.25) is 5.95 Å². The molecule has 7 nitrogen and oxygen atoms in total. The largest absolute Gasteiger partial charge is 0.349 e. The third-order valence-corrected chi connectivity index (χ3v) is 9.49. The van der Waals surface area contributed by atoms with Gasteiger partial charge < -0.3 is 20.0 Å². The monoisotopic (exact) mass is 618 g/mol. The van der Waals surface area contributed by atoms with E-state index in [2.05, 4.69) is 22.0 Å². The second-order valence-electron chi connectivity index (χ2n) is 12.6. The van der Waals surface area contributed by atoms with Gasteiger partial charge in [-0.25, -0.2) is 18.2 Å². The fourth-order valence-electron chi connectivity index (χ4n) is 6.78. The Morgan fingerprint density at radius 2 is 1.69 bits per heavy atom. The maximum atomic E-state index is 15.3. The Bertz CT molecular complexity index is 1560. The minimum Gasteiger partial charge on any atom is -0.349 e. The van der Waals surface area contributed by atoms with Crippen LogP contribution in [0.25, 0.3) is 17.3 Å². The highest BCUT2D eigenvalue weighted by atomic mass is 19.1. The van der Waals surface area contributed by atoms with Crippen LogP contribution >= 0.6 is 0 Å². The van der Waals surface area contributed by atoms with E-state index in [1.807, 2.05) is 32.1 Å². The average Bonchev–Trinajstić information content (AvgIpc) is 3.04. The Morgan fingerprint density at radius 1 is 0.978 bits per heavy atom. The third-order valence-electron chi connectivity index (χ3n) is 9.49. The molecule has 0 radical (unpaired) electrons. The van der Waals surface area contributed by atoms with E-state index < -0.39 is 18.3 Å². The lowest BCUT2D eigenvalue weighted by molar-refractivity contribution is 0.0951. The SMILES string of the molecule is Cc1ccc(C(=O)NCCF)cc1-c1nc(N2CCC(N3CCC(C)CC3)CC2)nc2c1C=CC(C)N2c1c(F)cccc1F. The number of piperidine rings is 2. The summed E-state index contributed by atoms with van der Waals surface area (Å²) >= 11 is 0. The second-order valence-corrected chi connectivity index (χ2v) is 12.6. The van der Waals surface area contributed by atoms with Crippen molar-refractivity contribution in [3.05, 3.63) is 70.8 Å². The zero-order valence-electron chi connectivity index (χ0n) is 26.2. The van der Waals surface area contributed by atoms with Crippen LogP contribution in [-0.4, -0.2) is 72.3 Å². The number of anilines is 3. The predicted molar refractivity (Wildman–Crippen MR) is 173 cm³/mol. The van der Waals surface area contributed by atoms with Crippen LogP contribution in [0, 0.1) is 24.5 Å². The maximum Gasteiger partial charge on any atom is 0.251 e. The van der Waals surface area contributed by atoms with E-state index in [4.69, 9.17) is 9.97 Å². The summed E-state index contributed by atoms with van der Waals surface area (Å²) in [7, 11) is 0. The van der Waals surface area contributed by atoms with Gasteiger partial charge in [0.25, 0.3) is 5.91 Å². The van der Waals surface area contributed by atoms with Gasteiger partial charge in [-0.3, -0.25) is 4.79 Å². The van der Waals surface area contributed by atoms with Gasteiger partial charge in [-0.1, -0.05) is 31.2 Å². The topological polar surface area (TPSA) is 64.6 Å². The number of nitrogens with one attached hydrogen (secondary N) is 1. The number of aromatic nitrogens is 2. The number of hydrogen-bond acceptors (Lipinski definition) is 6. The first-order chi connectivity index (χ1) is 21.7. The Hall–Kier alpha value is -3.92. The number of carbonyl (C=O) groups is 1. The van der Waals surface area contributed by atoms with E-state index in [1.54, 1.807) is 17.0 Å². The lowest BCUT2D eigenvalue weighted by Crippen LogP contribution is -2.48. The highest BCUT2D eigenvalue weighted by molar-refractivity contribution is 5.96. The number of halogens is 3. The van der Waals surface area contributed by atoms with Crippen molar-refractivity contribution in [1.29, 1.82) is 0 Å². The Morgan fingerprint density at radius 3 is 2.38 bits per heavy atom. The fraction of sp³-hybridized carbons (Fsp3) is 0.457. The first-order valence-electron chi connectivity index (χ1n) is 16.0. The molecule has 2 fully saturated rings. The molecule has 45 heavy (non-hydrogen) atoms. The maximum absolute atomic E-state index is 15.3. The first-order valence-corrected chi connectivity index (χ1v) is 16.0. The van der Waals surface area contributed by atoms with Gasteiger partial charge in [0.05, 0.1) is 11.7 Å². The highest BCUT2D eigenvalue weighted by Crippen LogP contribution is 2.42. The van der Waals surface area contributed by atoms with Crippen molar-refractivity contribution in [2.24, 2.45) is 5.92 Å². The number of carbonyl (C=O) groups excluding carboxylic acids is 1. The predicted octanol–water partition coefficient (Wildman–Crippen LogP) is 6.68.